The summed E-state index contributed by atoms with van der Waals surface area (Å²) in [7, 11) is 1.14. The molecule has 0 radical (unpaired) electrons. The lowest BCUT2D eigenvalue weighted by atomic mass is 9.90. The zero-order valence-electron chi connectivity index (χ0n) is 11.8. The van der Waals surface area contributed by atoms with Gasteiger partial charge in [-0.2, -0.15) is 0 Å². The van der Waals surface area contributed by atoms with Crippen LogP contribution in [0, 0.1) is 0 Å². The molecular formula is C12H21NO8. The van der Waals surface area contributed by atoms with Crippen LogP contribution in [0.5, 0.6) is 0 Å². The minimum Gasteiger partial charge on any atom is -0.467 e. The van der Waals surface area contributed by atoms with Crippen molar-refractivity contribution in [3.05, 3.63) is 0 Å². The highest BCUT2D eigenvalue weighted by molar-refractivity contribution is 5.75. The standard InChI is InChI=1S/C12H21NO8/c1-5(15)13-9-6(16)3-8(12(19)20-2)21-11(9)10(18)7(17)4-14/h6-11,14,16-18H,3-4H2,1-2H3,(H,13,15)/t6?,7-,8?,9-,10-,11?/m1/s1. The topological polar surface area (TPSA) is 146 Å². The van der Waals surface area contributed by atoms with Crippen LogP contribution in [0.1, 0.15) is 13.3 Å². The number of aliphatic hydroxyl groups is 4. The van der Waals surface area contributed by atoms with E-state index in [1.165, 1.54) is 6.92 Å². The third-order valence-electron chi connectivity index (χ3n) is 3.30. The average molecular weight is 307 g/mol. The number of hydrogen-bond donors (Lipinski definition) is 5. The van der Waals surface area contributed by atoms with Gasteiger partial charge in [-0.15, -0.1) is 0 Å². The highest BCUT2D eigenvalue weighted by atomic mass is 16.6. The van der Waals surface area contributed by atoms with Gasteiger partial charge >= 0.3 is 5.97 Å². The van der Waals surface area contributed by atoms with Crippen LogP contribution in [-0.4, -0.2) is 82.6 Å². The summed E-state index contributed by atoms with van der Waals surface area (Å²) < 4.78 is 9.85. The van der Waals surface area contributed by atoms with Gasteiger partial charge in [0, 0.05) is 13.3 Å². The molecule has 9 heteroatoms. The third kappa shape index (κ3) is 4.35. The first-order valence-corrected chi connectivity index (χ1v) is 6.47. The maximum Gasteiger partial charge on any atom is 0.335 e. The molecule has 9 nitrogen and oxygen atoms in total. The number of nitrogens with one attached hydrogen (secondary N) is 1. The van der Waals surface area contributed by atoms with Gasteiger partial charge in [0.25, 0.3) is 0 Å². The van der Waals surface area contributed by atoms with Crippen molar-refractivity contribution in [2.75, 3.05) is 13.7 Å². The van der Waals surface area contributed by atoms with E-state index in [1.54, 1.807) is 0 Å². The fraction of sp³-hybridized carbons (Fsp3) is 0.833. The Kier molecular flexibility index (Phi) is 6.49. The Hall–Kier alpha value is -1.26. The summed E-state index contributed by atoms with van der Waals surface area (Å²) in [6, 6.07) is -1.03. The molecule has 6 atom stereocenters. The van der Waals surface area contributed by atoms with E-state index in [1.807, 2.05) is 0 Å². The molecular weight excluding hydrogens is 286 g/mol. The van der Waals surface area contributed by atoms with Crippen molar-refractivity contribution >= 4 is 11.9 Å². The van der Waals surface area contributed by atoms with Crippen LogP contribution in [0.25, 0.3) is 0 Å². The predicted molar refractivity (Wildman–Crippen MR) is 68.0 cm³/mol. The first kappa shape index (κ1) is 17.8. The molecule has 21 heavy (non-hydrogen) atoms. The smallest absolute Gasteiger partial charge is 0.335 e. The quantitative estimate of drug-likeness (QED) is 0.336. The predicted octanol–water partition coefficient (Wildman–Crippen LogP) is -3.10. The first-order valence-electron chi connectivity index (χ1n) is 6.47. The van der Waals surface area contributed by atoms with E-state index in [4.69, 9.17) is 9.84 Å². The van der Waals surface area contributed by atoms with Crippen LogP contribution in [0.4, 0.5) is 0 Å². The summed E-state index contributed by atoms with van der Waals surface area (Å²) >= 11 is 0. The summed E-state index contributed by atoms with van der Waals surface area (Å²) in [5, 5.41) is 40.8. The molecule has 0 aromatic rings. The van der Waals surface area contributed by atoms with Crippen LogP contribution in [0.2, 0.25) is 0 Å². The number of esters is 1. The molecule has 0 aromatic carbocycles. The molecule has 1 amide bonds. The Balaban J connectivity index is 2.96. The number of carbonyl (C=O) groups excluding carboxylic acids is 2. The highest BCUT2D eigenvalue weighted by Crippen LogP contribution is 2.25. The van der Waals surface area contributed by atoms with Crippen molar-refractivity contribution in [3.8, 4) is 0 Å². The second kappa shape index (κ2) is 7.66. The minimum absolute atomic E-state index is 0.129. The van der Waals surface area contributed by atoms with Crippen LogP contribution in [0.15, 0.2) is 0 Å². The molecule has 0 saturated carbocycles. The number of methoxy groups -OCH3 is 1. The number of amides is 1. The average Bonchev–Trinajstić information content (AvgIpc) is 2.46. The van der Waals surface area contributed by atoms with E-state index < -0.39 is 55.0 Å². The summed E-state index contributed by atoms with van der Waals surface area (Å²) in [5.41, 5.74) is 0. The minimum atomic E-state index is -1.60. The summed E-state index contributed by atoms with van der Waals surface area (Å²) in [5.74, 6) is -1.22. The molecule has 1 fully saturated rings. The number of aliphatic hydroxyl groups excluding tert-OH is 4. The van der Waals surface area contributed by atoms with Gasteiger partial charge in [0.1, 0.15) is 18.3 Å². The fourth-order valence-corrected chi connectivity index (χ4v) is 2.23. The lowest BCUT2D eigenvalue weighted by Gasteiger charge is -2.41. The van der Waals surface area contributed by atoms with Crippen molar-refractivity contribution in [1.29, 1.82) is 0 Å². The Morgan fingerprint density at radius 3 is 2.52 bits per heavy atom. The molecule has 1 saturated heterocycles. The maximum atomic E-state index is 11.5. The molecule has 1 aliphatic rings. The van der Waals surface area contributed by atoms with E-state index in [0.29, 0.717) is 0 Å². The molecule has 1 rings (SSSR count). The summed E-state index contributed by atoms with van der Waals surface area (Å²) in [6.45, 7) is 0.470. The van der Waals surface area contributed by atoms with Crippen LogP contribution >= 0.6 is 0 Å². The third-order valence-corrected chi connectivity index (χ3v) is 3.30. The van der Waals surface area contributed by atoms with Crippen LogP contribution in [0.3, 0.4) is 0 Å². The van der Waals surface area contributed by atoms with E-state index in [9.17, 15) is 24.9 Å². The van der Waals surface area contributed by atoms with E-state index in [2.05, 4.69) is 10.1 Å². The van der Waals surface area contributed by atoms with Crippen molar-refractivity contribution in [2.45, 2.75) is 49.9 Å². The number of ether oxygens (including phenoxy) is 2. The molecule has 1 heterocycles. The Morgan fingerprint density at radius 2 is 2.05 bits per heavy atom. The van der Waals surface area contributed by atoms with Crippen molar-refractivity contribution in [1.82, 2.24) is 5.32 Å². The lowest BCUT2D eigenvalue weighted by Crippen LogP contribution is -2.63. The van der Waals surface area contributed by atoms with Crippen LogP contribution in [-0.2, 0) is 19.1 Å². The Bertz CT molecular complexity index is 376. The number of rotatable bonds is 5. The van der Waals surface area contributed by atoms with Gasteiger partial charge in [0.15, 0.2) is 6.10 Å². The molecule has 0 aliphatic carbocycles. The number of carbonyl (C=O) groups is 2. The molecule has 0 bridgehead atoms. The van der Waals surface area contributed by atoms with Gasteiger partial charge in [-0.05, 0) is 0 Å². The number of hydrogen-bond acceptors (Lipinski definition) is 8. The largest absolute Gasteiger partial charge is 0.467 e. The van der Waals surface area contributed by atoms with Gasteiger partial charge in [-0.3, -0.25) is 4.79 Å². The van der Waals surface area contributed by atoms with Gasteiger partial charge in [0.2, 0.25) is 5.91 Å². The summed E-state index contributed by atoms with van der Waals surface area (Å²) in [4.78, 5) is 22.7. The SMILES string of the molecule is COC(=O)C1CC(O)[C@@H](NC(C)=O)C([C@H](O)[C@H](O)CO)O1. The zero-order chi connectivity index (χ0) is 16.2. The second-order valence-corrected chi connectivity index (χ2v) is 4.88. The molecule has 5 N–H and O–H groups in total. The molecule has 122 valence electrons. The normalized spacial score (nSPS) is 32.1. The highest BCUT2D eigenvalue weighted by Gasteiger charge is 2.46. The van der Waals surface area contributed by atoms with Crippen LogP contribution < -0.4 is 5.32 Å². The van der Waals surface area contributed by atoms with Crippen molar-refractivity contribution < 1.29 is 39.5 Å². The van der Waals surface area contributed by atoms with Gasteiger partial charge in [0.05, 0.1) is 25.9 Å². The van der Waals surface area contributed by atoms with Crippen molar-refractivity contribution in [2.24, 2.45) is 0 Å². The summed E-state index contributed by atoms with van der Waals surface area (Å²) in [6.07, 6.45) is -6.87. The lowest BCUT2D eigenvalue weighted by molar-refractivity contribution is -0.197. The molecule has 0 aromatic heterocycles. The molecule has 0 spiro atoms. The first-order chi connectivity index (χ1) is 9.81. The monoisotopic (exact) mass is 307 g/mol. The Labute approximate surface area is 121 Å². The van der Waals surface area contributed by atoms with E-state index in [-0.39, 0.29) is 6.42 Å². The molecule has 1 aliphatic heterocycles. The maximum absolute atomic E-state index is 11.5. The van der Waals surface area contributed by atoms with E-state index in [0.717, 1.165) is 7.11 Å². The van der Waals surface area contributed by atoms with Crippen molar-refractivity contribution in [3.63, 3.8) is 0 Å². The molecule has 3 unspecified atom stereocenters. The van der Waals surface area contributed by atoms with Gasteiger partial charge < -0.3 is 35.2 Å². The van der Waals surface area contributed by atoms with E-state index >= 15 is 0 Å². The second-order valence-electron chi connectivity index (χ2n) is 4.88. The Morgan fingerprint density at radius 1 is 1.43 bits per heavy atom. The zero-order valence-corrected chi connectivity index (χ0v) is 11.8. The van der Waals surface area contributed by atoms with Gasteiger partial charge in [-0.1, -0.05) is 0 Å². The fourth-order valence-electron chi connectivity index (χ4n) is 2.23. The van der Waals surface area contributed by atoms with Gasteiger partial charge in [-0.25, -0.2) is 4.79 Å².